The summed E-state index contributed by atoms with van der Waals surface area (Å²) in [5.41, 5.74) is 1.53. The Hall–Kier alpha value is -2.09. The summed E-state index contributed by atoms with van der Waals surface area (Å²) < 4.78 is 48.8. The molecule has 1 heterocycles. The van der Waals surface area contributed by atoms with Crippen LogP contribution in [-0.2, 0) is 11.3 Å². The Balaban J connectivity index is 1.68. The average Bonchev–Trinajstić information content (AvgIpc) is 2.67. The zero-order chi connectivity index (χ0) is 19.1. The molecule has 0 aromatic heterocycles. The number of nitrogens with one attached hydrogen (secondary N) is 1. The minimum atomic E-state index is -2.86. The minimum absolute atomic E-state index is 0.0345. The van der Waals surface area contributed by atoms with Crippen LogP contribution < -0.4 is 10.1 Å². The molecule has 0 bridgehead atoms. The molecule has 4 nitrogen and oxygen atoms in total. The van der Waals surface area contributed by atoms with Crippen molar-refractivity contribution in [1.29, 1.82) is 0 Å². The lowest BCUT2D eigenvalue weighted by Crippen LogP contribution is -2.42. The van der Waals surface area contributed by atoms with Crippen LogP contribution in [0.1, 0.15) is 17.2 Å². The van der Waals surface area contributed by atoms with Gasteiger partial charge in [-0.3, -0.25) is 4.90 Å². The summed E-state index contributed by atoms with van der Waals surface area (Å²) in [5, 5.41) is 3.30. The molecule has 0 amide bonds. The molecule has 2 aromatic carbocycles. The van der Waals surface area contributed by atoms with Crippen LogP contribution >= 0.6 is 0 Å². The highest BCUT2D eigenvalue weighted by Crippen LogP contribution is 2.23. The van der Waals surface area contributed by atoms with Crippen molar-refractivity contribution in [3.05, 3.63) is 65.5 Å². The van der Waals surface area contributed by atoms with Crippen LogP contribution in [0.4, 0.5) is 13.2 Å². The Bertz CT molecular complexity index is 724. The standard InChI is InChI=1S/C20H23F3N2O2/c21-17-6-3-5-15(12-17)18(25-8-10-26-11-9-25)14-24-13-16-4-1-2-7-19(16)27-20(22)23/h1-7,12,18,20,24H,8-11,13-14H2. The summed E-state index contributed by atoms with van der Waals surface area (Å²) in [6.45, 7) is 0.848. The molecule has 1 atom stereocenters. The van der Waals surface area contributed by atoms with Gasteiger partial charge in [-0.05, 0) is 23.8 Å². The molecule has 2 aromatic rings. The van der Waals surface area contributed by atoms with Crippen LogP contribution in [-0.4, -0.2) is 44.4 Å². The van der Waals surface area contributed by atoms with Gasteiger partial charge >= 0.3 is 6.61 Å². The van der Waals surface area contributed by atoms with Gasteiger partial charge in [0.2, 0.25) is 0 Å². The van der Waals surface area contributed by atoms with Crippen molar-refractivity contribution in [2.75, 3.05) is 32.8 Å². The van der Waals surface area contributed by atoms with E-state index < -0.39 is 6.61 Å². The number of hydrogen-bond donors (Lipinski definition) is 1. The molecule has 0 aliphatic carbocycles. The Morgan fingerprint density at radius 3 is 2.59 bits per heavy atom. The van der Waals surface area contributed by atoms with Crippen molar-refractivity contribution in [2.24, 2.45) is 0 Å². The maximum atomic E-state index is 13.7. The third kappa shape index (κ3) is 5.69. The zero-order valence-electron chi connectivity index (χ0n) is 14.9. The number of rotatable bonds is 8. The van der Waals surface area contributed by atoms with E-state index in [0.717, 1.165) is 18.7 Å². The highest BCUT2D eigenvalue weighted by atomic mass is 19.3. The van der Waals surface area contributed by atoms with Gasteiger partial charge in [-0.1, -0.05) is 30.3 Å². The van der Waals surface area contributed by atoms with E-state index in [1.165, 1.54) is 18.2 Å². The highest BCUT2D eigenvalue weighted by Gasteiger charge is 2.23. The molecule has 146 valence electrons. The number of ether oxygens (including phenoxy) is 2. The Morgan fingerprint density at radius 1 is 1.07 bits per heavy atom. The van der Waals surface area contributed by atoms with Gasteiger partial charge in [-0.15, -0.1) is 0 Å². The number of alkyl halides is 2. The second-order valence-electron chi connectivity index (χ2n) is 6.34. The van der Waals surface area contributed by atoms with E-state index in [1.807, 2.05) is 6.07 Å². The molecule has 0 saturated carbocycles. The van der Waals surface area contributed by atoms with E-state index in [1.54, 1.807) is 24.3 Å². The predicted octanol–water partition coefficient (Wildman–Crippen LogP) is 3.59. The van der Waals surface area contributed by atoms with Gasteiger partial charge in [-0.25, -0.2) is 4.39 Å². The number of para-hydroxylation sites is 1. The van der Waals surface area contributed by atoms with Crippen molar-refractivity contribution in [2.45, 2.75) is 19.2 Å². The van der Waals surface area contributed by atoms with Crippen molar-refractivity contribution >= 4 is 0 Å². The second-order valence-corrected chi connectivity index (χ2v) is 6.34. The van der Waals surface area contributed by atoms with Crippen molar-refractivity contribution in [3.8, 4) is 5.75 Å². The van der Waals surface area contributed by atoms with Crippen molar-refractivity contribution in [3.63, 3.8) is 0 Å². The zero-order valence-corrected chi connectivity index (χ0v) is 14.9. The van der Waals surface area contributed by atoms with E-state index in [4.69, 9.17) is 4.74 Å². The summed E-state index contributed by atoms with van der Waals surface area (Å²) in [6.07, 6.45) is 0. The number of hydrogen-bond acceptors (Lipinski definition) is 4. The summed E-state index contributed by atoms with van der Waals surface area (Å²) in [6, 6.07) is 13.2. The molecule has 1 unspecified atom stereocenters. The van der Waals surface area contributed by atoms with E-state index in [2.05, 4.69) is 15.0 Å². The fraction of sp³-hybridized carbons (Fsp3) is 0.400. The van der Waals surface area contributed by atoms with Crippen LogP contribution in [0, 0.1) is 5.82 Å². The first-order valence-electron chi connectivity index (χ1n) is 8.94. The molecule has 27 heavy (non-hydrogen) atoms. The Kier molecular flexibility index (Phi) is 7.09. The molecular formula is C20H23F3N2O2. The first-order chi connectivity index (χ1) is 13.1. The molecule has 1 fully saturated rings. The SMILES string of the molecule is Fc1cccc(C(CNCc2ccccc2OC(F)F)N2CCOCC2)c1. The predicted molar refractivity (Wildman–Crippen MR) is 96.3 cm³/mol. The number of halogens is 3. The summed E-state index contributed by atoms with van der Waals surface area (Å²) in [4.78, 5) is 2.24. The van der Waals surface area contributed by atoms with Gasteiger partial charge < -0.3 is 14.8 Å². The van der Waals surface area contributed by atoms with E-state index in [9.17, 15) is 13.2 Å². The average molecular weight is 380 g/mol. The van der Waals surface area contributed by atoms with E-state index in [-0.39, 0.29) is 17.6 Å². The van der Waals surface area contributed by atoms with Crippen LogP contribution in [0.25, 0.3) is 0 Å². The second kappa shape index (κ2) is 9.73. The maximum absolute atomic E-state index is 13.7. The molecule has 0 radical (unpaired) electrons. The summed E-state index contributed by atoms with van der Waals surface area (Å²) in [5.74, 6) is -0.116. The minimum Gasteiger partial charge on any atom is -0.434 e. The van der Waals surface area contributed by atoms with Gasteiger partial charge in [0.15, 0.2) is 0 Å². The van der Waals surface area contributed by atoms with Crippen LogP contribution in [0.5, 0.6) is 5.75 Å². The lowest BCUT2D eigenvalue weighted by Gasteiger charge is -2.35. The molecular weight excluding hydrogens is 357 g/mol. The van der Waals surface area contributed by atoms with E-state index in [0.29, 0.717) is 31.9 Å². The monoisotopic (exact) mass is 380 g/mol. The van der Waals surface area contributed by atoms with Crippen molar-refractivity contribution in [1.82, 2.24) is 10.2 Å². The lowest BCUT2D eigenvalue weighted by atomic mass is 10.0. The quantitative estimate of drug-likeness (QED) is 0.759. The van der Waals surface area contributed by atoms with Gasteiger partial charge in [0, 0.05) is 37.8 Å². The first kappa shape index (κ1) is 19.7. The van der Waals surface area contributed by atoms with Gasteiger partial charge in [-0.2, -0.15) is 8.78 Å². The number of morpholine rings is 1. The molecule has 1 N–H and O–H groups in total. The largest absolute Gasteiger partial charge is 0.434 e. The smallest absolute Gasteiger partial charge is 0.387 e. The highest BCUT2D eigenvalue weighted by molar-refractivity contribution is 5.33. The third-order valence-electron chi connectivity index (χ3n) is 4.56. The lowest BCUT2D eigenvalue weighted by molar-refractivity contribution is -0.0505. The number of benzene rings is 2. The Morgan fingerprint density at radius 2 is 1.85 bits per heavy atom. The summed E-state index contributed by atoms with van der Waals surface area (Å²) >= 11 is 0. The fourth-order valence-corrected chi connectivity index (χ4v) is 3.27. The molecule has 0 spiro atoms. The van der Waals surface area contributed by atoms with Crippen LogP contribution in [0.2, 0.25) is 0 Å². The molecule has 7 heteroatoms. The van der Waals surface area contributed by atoms with Gasteiger partial charge in [0.25, 0.3) is 0 Å². The van der Waals surface area contributed by atoms with Gasteiger partial charge in [0.1, 0.15) is 11.6 Å². The summed E-state index contributed by atoms with van der Waals surface area (Å²) in [7, 11) is 0. The van der Waals surface area contributed by atoms with Gasteiger partial charge in [0.05, 0.1) is 13.2 Å². The molecule has 1 aliphatic heterocycles. The van der Waals surface area contributed by atoms with E-state index >= 15 is 0 Å². The third-order valence-corrected chi connectivity index (χ3v) is 4.56. The molecule has 3 rings (SSSR count). The number of nitrogens with zero attached hydrogens (tertiary/aromatic N) is 1. The normalized spacial score (nSPS) is 16.4. The first-order valence-corrected chi connectivity index (χ1v) is 8.94. The van der Waals surface area contributed by atoms with Crippen LogP contribution in [0.15, 0.2) is 48.5 Å². The molecule has 1 saturated heterocycles. The Labute approximate surface area is 156 Å². The topological polar surface area (TPSA) is 33.7 Å². The molecule has 1 aliphatic rings. The van der Waals surface area contributed by atoms with Crippen molar-refractivity contribution < 1.29 is 22.6 Å². The fourth-order valence-electron chi connectivity index (χ4n) is 3.27. The van der Waals surface area contributed by atoms with Crippen LogP contribution in [0.3, 0.4) is 0 Å². The maximum Gasteiger partial charge on any atom is 0.387 e.